The molecule has 2 N–H and O–H groups in total. The summed E-state index contributed by atoms with van der Waals surface area (Å²) in [7, 11) is 0. The van der Waals surface area contributed by atoms with E-state index in [1.54, 1.807) is 0 Å². The third-order valence-corrected chi connectivity index (χ3v) is 2.62. The Balaban J connectivity index is 0.000000151. The van der Waals surface area contributed by atoms with Crippen LogP contribution in [0.2, 0.25) is 0 Å². The highest BCUT2D eigenvalue weighted by Crippen LogP contribution is 2.15. The van der Waals surface area contributed by atoms with Gasteiger partial charge in [0.25, 0.3) is 0 Å². The van der Waals surface area contributed by atoms with Crippen LogP contribution in [-0.2, 0) is 0 Å². The summed E-state index contributed by atoms with van der Waals surface area (Å²) in [5, 5.41) is 12.5. The molecule has 0 radical (unpaired) electrons. The van der Waals surface area contributed by atoms with E-state index < -0.39 is 0 Å². The minimum atomic E-state index is -0.384. The molecular formula is C13H21NO. The van der Waals surface area contributed by atoms with Crippen molar-refractivity contribution in [3.63, 3.8) is 0 Å². The van der Waals surface area contributed by atoms with E-state index in [2.05, 4.69) is 24.4 Å². The van der Waals surface area contributed by atoms with Gasteiger partial charge in [0.05, 0.1) is 5.60 Å². The van der Waals surface area contributed by atoms with Crippen molar-refractivity contribution in [3.8, 4) is 0 Å². The molecule has 2 rings (SSSR count). The number of aryl methyl sites for hydroxylation is 1. The fourth-order valence-corrected chi connectivity index (χ4v) is 1.50. The maximum Gasteiger partial charge on any atom is 0.0644 e. The van der Waals surface area contributed by atoms with E-state index in [0.717, 1.165) is 25.9 Å². The van der Waals surface area contributed by atoms with Crippen LogP contribution in [0, 0.1) is 6.92 Å². The molecular weight excluding hydrogens is 186 g/mol. The van der Waals surface area contributed by atoms with E-state index in [4.69, 9.17) is 0 Å². The molecule has 1 heterocycles. The van der Waals surface area contributed by atoms with Crippen LogP contribution in [0.3, 0.4) is 0 Å². The summed E-state index contributed by atoms with van der Waals surface area (Å²) in [5.74, 6) is 0. The quantitative estimate of drug-likeness (QED) is 0.683. The van der Waals surface area contributed by atoms with Crippen LogP contribution in [-0.4, -0.2) is 23.8 Å². The van der Waals surface area contributed by atoms with Gasteiger partial charge in [0.2, 0.25) is 0 Å². The Bertz CT molecular complexity index is 261. The number of aliphatic hydroxyl groups is 1. The highest BCUT2D eigenvalue weighted by molar-refractivity contribution is 5.11. The molecule has 1 aromatic carbocycles. The molecule has 0 aromatic heterocycles. The second-order valence-corrected chi connectivity index (χ2v) is 4.40. The zero-order valence-electron chi connectivity index (χ0n) is 9.66. The molecule has 0 unspecified atom stereocenters. The summed E-state index contributed by atoms with van der Waals surface area (Å²) < 4.78 is 0. The lowest BCUT2D eigenvalue weighted by Crippen LogP contribution is -2.39. The Morgan fingerprint density at radius 3 is 1.93 bits per heavy atom. The minimum absolute atomic E-state index is 0.384. The summed E-state index contributed by atoms with van der Waals surface area (Å²) in [5.41, 5.74) is 0.938. The number of hydrogen-bond donors (Lipinski definition) is 2. The molecule has 84 valence electrons. The molecule has 1 fully saturated rings. The fourth-order valence-electron chi connectivity index (χ4n) is 1.50. The third-order valence-electron chi connectivity index (χ3n) is 2.62. The molecule has 0 saturated carbocycles. The molecule has 0 amide bonds. The molecule has 1 aromatic rings. The molecule has 1 aliphatic rings. The second-order valence-electron chi connectivity index (χ2n) is 4.40. The first kappa shape index (κ1) is 12.2. The van der Waals surface area contributed by atoms with Gasteiger partial charge in [-0.1, -0.05) is 35.9 Å². The van der Waals surface area contributed by atoms with Gasteiger partial charge in [-0.2, -0.15) is 0 Å². The van der Waals surface area contributed by atoms with Crippen LogP contribution in [0.5, 0.6) is 0 Å². The molecule has 2 nitrogen and oxygen atoms in total. The fraction of sp³-hybridized carbons (Fsp3) is 0.538. The van der Waals surface area contributed by atoms with Crippen LogP contribution in [0.25, 0.3) is 0 Å². The van der Waals surface area contributed by atoms with Gasteiger partial charge in [-0.3, -0.25) is 0 Å². The predicted molar refractivity (Wildman–Crippen MR) is 63.9 cm³/mol. The van der Waals surface area contributed by atoms with Crippen LogP contribution < -0.4 is 5.32 Å². The minimum Gasteiger partial charge on any atom is -0.390 e. The Labute approximate surface area is 92.3 Å². The zero-order valence-corrected chi connectivity index (χ0v) is 9.66. The number of benzene rings is 1. The van der Waals surface area contributed by atoms with Gasteiger partial charge >= 0.3 is 0 Å². The highest BCUT2D eigenvalue weighted by atomic mass is 16.3. The average molecular weight is 207 g/mol. The van der Waals surface area contributed by atoms with Gasteiger partial charge in [-0.15, -0.1) is 0 Å². The average Bonchev–Trinajstić information content (AvgIpc) is 2.19. The lowest BCUT2D eigenvalue weighted by molar-refractivity contribution is 0.0291. The SMILES string of the molecule is CC1(O)CCNCC1.Cc1ccccc1. The van der Waals surface area contributed by atoms with Crippen molar-refractivity contribution in [2.75, 3.05) is 13.1 Å². The Morgan fingerprint density at radius 2 is 1.67 bits per heavy atom. The lowest BCUT2D eigenvalue weighted by atomic mass is 9.95. The number of nitrogens with one attached hydrogen (secondary N) is 1. The maximum atomic E-state index is 9.33. The second kappa shape index (κ2) is 5.89. The van der Waals surface area contributed by atoms with Gasteiger partial charge in [0.1, 0.15) is 0 Å². The molecule has 0 aliphatic carbocycles. The van der Waals surface area contributed by atoms with E-state index in [0.29, 0.717) is 0 Å². The predicted octanol–water partition coefficient (Wildman–Crippen LogP) is 2.12. The standard InChI is InChI=1S/C7H8.C6H13NO/c1-7-5-3-2-4-6-7;1-6(8)2-4-7-5-3-6/h2-6H,1H3;7-8H,2-5H2,1H3. The van der Waals surface area contributed by atoms with Gasteiger partial charge in [0.15, 0.2) is 0 Å². The Hall–Kier alpha value is -0.860. The molecule has 1 aliphatic heterocycles. The van der Waals surface area contributed by atoms with E-state index in [9.17, 15) is 5.11 Å². The van der Waals surface area contributed by atoms with Crippen LogP contribution in [0.1, 0.15) is 25.3 Å². The van der Waals surface area contributed by atoms with Gasteiger partial charge in [0, 0.05) is 0 Å². The topological polar surface area (TPSA) is 32.3 Å². The normalized spacial score (nSPS) is 18.9. The monoisotopic (exact) mass is 207 g/mol. The number of hydrogen-bond acceptors (Lipinski definition) is 2. The smallest absolute Gasteiger partial charge is 0.0644 e. The summed E-state index contributed by atoms with van der Waals surface area (Å²) in [6.45, 7) is 5.91. The van der Waals surface area contributed by atoms with Crippen molar-refractivity contribution in [2.45, 2.75) is 32.3 Å². The first-order chi connectivity index (χ1) is 7.10. The maximum absolute atomic E-state index is 9.33. The molecule has 0 spiro atoms. The Morgan fingerprint density at radius 1 is 1.13 bits per heavy atom. The van der Waals surface area contributed by atoms with Crippen LogP contribution >= 0.6 is 0 Å². The van der Waals surface area contributed by atoms with Crippen molar-refractivity contribution in [1.82, 2.24) is 5.32 Å². The van der Waals surface area contributed by atoms with Crippen LogP contribution in [0.15, 0.2) is 30.3 Å². The molecule has 0 bridgehead atoms. The van der Waals surface area contributed by atoms with Crippen molar-refractivity contribution in [1.29, 1.82) is 0 Å². The molecule has 1 saturated heterocycles. The van der Waals surface area contributed by atoms with E-state index >= 15 is 0 Å². The summed E-state index contributed by atoms with van der Waals surface area (Å²) in [6, 6.07) is 10.3. The van der Waals surface area contributed by atoms with Crippen molar-refractivity contribution in [3.05, 3.63) is 35.9 Å². The van der Waals surface area contributed by atoms with Gasteiger partial charge in [-0.05, 0) is 39.8 Å². The molecule has 15 heavy (non-hydrogen) atoms. The van der Waals surface area contributed by atoms with Gasteiger partial charge in [-0.25, -0.2) is 0 Å². The summed E-state index contributed by atoms with van der Waals surface area (Å²) in [4.78, 5) is 0. The largest absolute Gasteiger partial charge is 0.390 e. The first-order valence-electron chi connectivity index (χ1n) is 5.55. The lowest BCUT2D eigenvalue weighted by Gasteiger charge is -2.27. The van der Waals surface area contributed by atoms with Crippen molar-refractivity contribution < 1.29 is 5.11 Å². The molecule has 2 heteroatoms. The number of piperidine rings is 1. The van der Waals surface area contributed by atoms with E-state index in [1.165, 1.54) is 5.56 Å². The summed E-state index contributed by atoms with van der Waals surface area (Å²) in [6.07, 6.45) is 1.79. The molecule has 0 atom stereocenters. The third kappa shape index (κ3) is 5.55. The van der Waals surface area contributed by atoms with Crippen LogP contribution in [0.4, 0.5) is 0 Å². The van der Waals surface area contributed by atoms with E-state index in [1.807, 2.05) is 25.1 Å². The van der Waals surface area contributed by atoms with E-state index in [-0.39, 0.29) is 5.60 Å². The first-order valence-corrected chi connectivity index (χ1v) is 5.55. The summed E-state index contributed by atoms with van der Waals surface area (Å²) >= 11 is 0. The van der Waals surface area contributed by atoms with Gasteiger partial charge < -0.3 is 10.4 Å². The highest BCUT2D eigenvalue weighted by Gasteiger charge is 2.21. The van der Waals surface area contributed by atoms with Crippen molar-refractivity contribution >= 4 is 0 Å². The number of rotatable bonds is 0. The Kier molecular flexibility index (Phi) is 4.79. The zero-order chi connectivity index (χ0) is 11.1. The van der Waals surface area contributed by atoms with Crippen molar-refractivity contribution in [2.24, 2.45) is 0 Å².